The van der Waals surface area contributed by atoms with Gasteiger partial charge in [-0.2, -0.15) is 0 Å². The van der Waals surface area contributed by atoms with E-state index in [1.807, 2.05) is 0 Å². The van der Waals surface area contributed by atoms with E-state index in [0.717, 1.165) is 0 Å². The monoisotopic (exact) mass is 354 g/mol. The zero-order chi connectivity index (χ0) is 18.7. The molecule has 3 aromatic rings. The first kappa shape index (κ1) is 17.3. The molecule has 0 spiro atoms. The molecule has 0 bridgehead atoms. The Morgan fingerprint density at radius 3 is 2.58 bits per heavy atom. The summed E-state index contributed by atoms with van der Waals surface area (Å²) in [6.07, 6.45) is 4.54. The number of nitrogens with zero attached hydrogens (tertiary/aromatic N) is 4. The van der Waals surface area contributed by atoms with E-state index in [9.17, 15) is 19.3 Å². The van der Waals surface area contributed by atoms with Gasteiger partial charge in [0.05, 0.1) is 11.3 Å². The van der Waals surface area contributed by atoms with E-state index in [0.29, 0.717) is 17.9 Å². The Labute approximate surface area is 148 Å². The summed E-state index contributed by atoms with van der Waals surface area (Å²) in [5.74, 6) is -0.808. The molecule has 132 valence electrons. The predicted octanol–water partition coefficient (Wildman–Crippen LogP) is 3.59. The molecule has 0 saturated heterocycles. The lowest BCUT2D eigenvalue weighted by molar-refractivity contribution is -0.384. The minimum absolute atomic E-state index is 0.173. The first-order valence-electron chi connectivity index (χ1n) is 7.85. The maximum absolute atomic E-state index is 13.1. The maximum atomic E-state index is 13.1. The summed E-state index contributed by atoms with van der Waals surface area (Å²) >= 11 is 0. The van der Waals surface area contributed by atoms with Gasteiger partial charge in [-0.05, 0) is 43.3 Å². The van der Waals surface area contributed by atoms with Crippen LogP contribution in [0.25, 0.3) is 5.69 Å². The number of hydrogen-bond acceptors (Lipinski definition) is 4. The van der Waals surface area contributed by atoms with Gasteiger partial charge in [0, 0.05) is 36.3 Å². The van der Waals surface area contributed by atoms with Crippen LogP contribution in [0.4, 0.5) is 15.8 Å². The van der Waals surface area contributed by atoms with Gasteiger partial charge in [-0.25, -0.2) is 9.37 Å². The van der Waals surface area contributed by atoms with Crippen molar-refractivity contribution < 1.29 is 14.1 Å². The van der Waals surface area contributed by atoms with Crippen LogP contribution < -0.4 is 4.90 Å². The van der Waals surface area contributed by atoms with E-state index >= 15 is 0 Å². The van der Waals surface area contributed by atoms with Crippen molar-refractivity contribution in [2.24, 2.45) is 0 Å². The summed E-state index contributed by atoms with van der Waals surface area (Å²) in [5, 5.41) is 11.4. The van der Waals surface area contributed by atoms with E-state index in [4.69, 9.17) is 0 Å². The van der Waals surface area contributed by atoms with Gasteiger partial charge in [0.15, 0.2) is 0 Å². The Bertz CT molecular complexity index is 940. The molecule has 1 aromatic heterocycles. The zero-order valence-corrected chi connectivity index (χ0v) is 13.9. The summed E-state index contributed by atoms with van der Waals surface area (Å²) in [6, 6.07) is 9.77. The van der Waals surface area contributed by atoms with E-state index in [1.165, 1.54) is 64.5 Å². The second-order valence-corrected chi connectivity index (χ2v) is 5.46. The minimum atomic E-state index is -0.541. The van der Waals surface area contributed by atoms with Crippen LogP contribution >= 0.6 is 0 Å². The first-order valence-corrected chi connectivity index (χ1v) is 7.85. The van der Waals surface area contributed by atoms with Gasteiger partial charge in [0.2, 0.25) is 0 Å². The van der Waals surface area contributed by atoms with E-state index in [2.05, 4.69) is 4.98 Å². The Morgan fingerprint density at radius 2 is 2.00 bits per heavy atom. The number of hydrogen-bond donors (Lipinski definition) is 0. The van der Waals surface area contributed by atoms with Gasteiger partial charge < -0.3 is 9.47 Å². The largest absolute Gasteiger partial charge is 0.309 e. The number of halogens is 1. The maximum Gasteiger partial charge on any atom is 0.294 e. The van der Waals surface area contributed by atoms with E-state index < -0.39 is 16.6 Å². The number of benzene rings is 2. The van der Waals surface area contributed by atoms with Crippen molar-refractivity contribution in [3.05, 3.63) is 82.7 Å². The molecular weight excluding hydrogens is 339 g/mol. The lowest BCUT2D eigenvalue weighted by Gasteiger charge is -2.21. The molecule has 0 radical (unpaired) electrons. The summed E-state index contributed by atoms with van der Waals surface area (Å²) < 4.78 is 14.6. The van der Waals surface area contributed by atoms with Gasteiger partial charge in [0.1, 0.15) is 11.5 Å². The molecule has 1 amide bonds. The number of amides is 1. The fourth-order valence-electron chi connectivity index (χ4n) is 2.64. The number of nitro benzene ring substituents is 1. The Morgan fingerprint density at radius 1 is 1.27 bits per heavy atom. The lowest BCUT2D eigenvalue weighted by Crippen LogP contribution is -2.30. The Kier molecular flexibility index (Phi) is 4.74. The minimum Gasteiger partial charge on any atom is -0.309 e. The summed E-state index contributed by atoms with van der Waals surface area (Å²) in [5.41, 5.74) is 0.796. The molecule has 0 saturated carbocycles. The third-order valence-corrected chi connectivity index (χ3v) is 3.90. The molecule has 3 rings (SSSR count). The van der Waals surface area contributed by atoms with Crippen molar-refractivity contribution in [3.63, 3.8) is 0 Å². The van der Waals surface area contributed by atoms with Crippen molar-refractivity contribution in [1.29, 1.82) is 0 Å². The fourth-order valence-corrected chi connectivity index (χ4v) is 2.64. The van der Waals surface area contributed by atoms with Gasteiger partial charge >= 0.3 is 0 Å². The highest BCUT2D eigenvalue weighted by atomic mass is 19.1. The second-order valence-electron chi connectivity index (χ2n) is 5.46. The van der Waals surface area contributed by atoms with Crippen LogP contribution in [0.15, 0.2) is 61.2 Å². The van der Waals surface area contributed by atoms with Crippen LogP contribution in [-0.2, 0) is 0 Å². The van der Waals surface area contributed by atoms with Crippen LogP contribution in [0, 0.1) is 15.9 Å². The molecule has 0 N–H and O–H groups in total. The van der Waals surface area contributed by atoms with Gasteiger partial charge in [0.25, 0.3) is 11.6 Å². The van der Waals surface area contributed by atoms with E-state index in [-0.39, 0.29) is 11.3 Å². The quantitative estimate of drug-likeness (QED) is 0.518. The van der Waals surface area contributed by atoms with Crippen LogP contribution in [0.2, 0.25) is 0 Å². The SMILES string of the molecule is CCN(C(=O)c1ccc(-n2ccnc2)c([N+](=O)[O-])c1)c1ccc(F)cc1. The van der Waals surface area contributed by atoms with Crippen LogP contribution in [0.3, 0.4) is 0 Å². The summed E-state index contributed by atoms with van der Waals surface area (Å²) in [4.78, 5) is 29.0. The molecule has 0 atom stereocenters. The molecule has 8 heteroatoms. The smallest absolute Gasteiger partial charge is 0.294 e. The molecule has 0 unspecified atom stereocenters. The van der Waals surface area contributed by atoms with Crippen LogP contribution in [-0.4, -0.2) is 26.9 Å². The molecule has 7 nitrogen and oxygen atoms in total. The van der Waals surface area contributed by atoms with E-state index in [1.54, 1.807) is 13.1 Å². The fraction of sp³-hybridized carbons (Fsp3) is 0.111. The van der Waals surface area contributed by atoms with Crippen molar-refractivity contribution in [3.8, 4) is 5.69 Å². The van der Waals surface area contributed by atoms with Crippen LogP contribution in [0.1, 0.15) is 17.3 Å². The molecule has 0 aliphatic carbocycles. The van der Waals surface area contributed by atoms with Gasteiger partial charge in [-0.1, -0.05) is 0 Å². The molecule has 0 aliphatic rings. The third kappa shape index (κ3) is 3.30. The van der Waals surface area contributed by atoms with Crippen molar-refractivity contribution >= 4 is 17.3 Å². The topological polar surface area (TPSA) is 81.3 Å². The average Bonchev–Trinajstić information content (AvgIpc) is 3.17. The molecule has 0 fully saturated rings. The lowest BCUT2D eigenvalue weighted by atomic mass is 10.1. The zero-order valence-electron chi connectivity index (χ0n) is 13.9. The Hall–Kier alpha value is -3.55. The number of aromatic nitrogens is 2. The molecule has 2 aromatic carbocycles. The number of nitro groups is 1. The first-order chi connectivity index (χ1) is 12.5. The second kappa shape index (κ2) is 7.14. The number of imidazole rings is 1. The molecule has 1 heterocycles. The molecule has 0 aliphatic heterocycles. The average molecular weight is 354 g/mol. The molecular formula is C18H15FN4O3. The number of carbonyl (C=O) groups is 1. The summed E-state index contributed by atoms with van der Waals surface area (Å²) in [6.45, 7) is 2.11. The normalized spacial score (nSPS) is 10.5. The standard InChI is InChI=1S/C18H15FN4O3/c1-2-22(15-6-4-14(19)5-7-15)18(24)13-3-8-16(17(11-13)23(25)26)21-10-9-20-12-21/h3-12H,2H2,1H3. The highest BCUT2D eigenvalue weighted by Gasteiger charge is 2.22. The predicted molar refractivity (Wildman–Crippen MR) is 94.0 cm³/mol. The Balaban J connectivity index is 2.00. The van der Waals surface area contributed by atoms with Crippen molar-refractivity contribution in [2.75, 3.05) is 11.4 Å². The van der Waals surface area contributed by atoms with Crippen molar-refractivity contribution in [2.45, 2.75) is 6.92 Å². The third-order valence-electron chi connectivity index (χ3n) is 3.90. The van der Waals surface area contributed by atoms with Gasteiger partial charge in [-0.3, -0.25) is 14.9 Å². The highest BCUT2D eigenvalue weighted by Crippen LogP contribution is 2.26. The van der Waals surface area contributed by atoms with Crippen molar-refractivity contribution in [1.82, 2.24) is 9.55 Å². The van der Waals surface area contributed by atoms with Gasteiger partial charge in [-0.15, -0.1) is 0 Å². The molecule has 26 heavy (non-hydrogen) atoms. The highest BCUT2D eigenvalue weighted by molar-refractivity contribution is 6.06. The number of anilines is 1. The number of carbonyl (C=O) groups excluding carboxylic acids is 1. The number of rotatable bonds is 5. The van der Waals surface area contributed by atoms with Crippen LogP contribution in [0.5, 0.6) is 0 Å². The summed E-state index contributed by atoms with van der Waals surface area (Å²) in [7, 11) is 0.